The highest BCUT2D eigenvalue weighted by atomic mass is 19.1. The smallest absolute Gasteiger partial charge is 0.259 e. The van der Waals surface area contributed by atoms with E-state index in [1.165, 1.54) is 11.0 Å². The van der Waals surface area contributed by atoms with Crippen molar-refractivity contribution >= 4 is 5.91 Å². The molecular weight excluding hydrogens is 262 g/mol. The van der Waals surface area contributed by atoms with Gasteiger partial charge in [-0.25, -0.2) is 8.78 Å². The number of likely N-dealkylation sites (tertiary alicyclic amines) is 1. The van der Waals surface area contributed by atoms with Crippen LogP contribution in [-0.4, -0.2) is 36.5 Å². The third kappa shape index (κ3) is 3.33. The summed E-state index contributed by atoms with van der Waals surface area (Å²) in [6.07, 6.45) is 2.71. The summed E-state index contributed by atoms with van der Waals surface area (Å²) in [5.41, 5.74) is -0.438. The highest BCUT2D eigenvalue weighted by Crippen LogP contribution is 2.18. The summed E-state index contributed by atoms with van der Waals surface area (Å²) in [5, 5.41) is 3.41. The van der Waals surface area contributed by atoms with E-state index in [9.17, 15) is 13.6 Å². The number of piperidine rings is 1. The number of hydrogen-bond donors (Lipinski definition) is 1. The van der Waals surface area contributed by atoms with Crippen molar-refractivity contribution in [2.75, 3.05) is 19.6 Å². The van der Waals surface area contributed by atoms with Gasteiger partial charge < -0.3 is 10.2 Å². The van der Waals surface area contributed by atoms with E-state index in [4.69, 9.17) is 0 Å². The molecule has 2 rings (SSSR count). The number of carbonyl (C=O) groups excluding carboxylic acids is 1. The van der Waals surface area contributed by atoms with Crippen molar-refractivity contribution in [2.24, 2.45) is 0 Å². The molecule has 1 fully saturated rings. The second-order valence-corrected chi connectivity index (χ2v) is 5.12. The molecule has 5 heteroatoms. The van der Waals surface area contributed by atoms with Crippen LogP contribution >= 0.6 is 0 Å². The van der Waals surface area contributed by atoms with Gasteiger partial charge in [0.25, 0.3) is 5.91 Å². The molecule has 1 amide bonds. The third-order valence-electron chi connectivity index (χ3n) is 3.64. The predicted octanol–water partition coefficient (Wildman–Crippen LogP) is 2.57. The van der Waals surface area contributed by atoms with Crippen LogP contribution in [0.5, 0.6) is 0 Å². The number of nitrogens with one attached hydrogen (secondary N) is 1. The summed E-state index contributed by atoms with van der Waals surface area (Å²) >= 11 is 0. The molecular formula is C15H20F2N2O. The molecule has 0 saturated carbocycles. The first-order valence-corrected chi connectivity index (χ1v) is 7.10. The molecule has 20 heavy (non-hydrogen) atoms. The van der Waals surface area contributed by atoms with Crippen molar-refractivity contribution in [3.05, 3.63) is 35.4 Å². The van der Waals surface area contributed by atoms with Crippen molar-refractivity contribution in [2.45, 2.75) is 32.2 Å². The lowest BCUT2D eigenvalue weighted by atomic mass is 10.0. The van der Waals surface area contributed by atoms with Crippen molar-refractivity contribution < 1.29 is 13.6 Å². The van der Waals surface area contributed by atoms with Crippen molar-refractivity contribution in [1.29, 1.82) is 0 Å². The normalized spacial score (nSPS) is 16.4. The van der Waals surface area contributed by atoms with Gasteiger partial charge in [0.2, 0.25) is 0 Å². The predicted molar refractivity (Wildman–Crippen MR) is 73.6 cm³/mol. The van der Waals surface area contributed by atoms with Gasteiger partial charge in [0.15, 0.2) is 0 Å². The van der Waals surface area contributed by atoms with Crippen LogP contribution in [-0.2, 0) is 0 Å². The van der Waals surface area contributed by atoms with Crippen molar-refractivity contribution in [3.8, 4) is 0 Å². The molecule has 1 aliphatic rings. The molecule has 0 aliphatic carbocycles. The molecule has 1 heterocycles. The molecule has 0 atom stereocenters. The van der Waals surface area contributed by atoms with Gasteiger partial charge in [0.1, 0.15) is 17.2 Å². The molecule has 0 radical (unpaired) electrons. The zero-order valence-corrected chi connectivity index (χ0v) is 11.7. The minimum absolute atomic E-state index is 0.393. The molecule has 1 saturated heterocycles. The monoisotopic (exact) mass is 282 g/mol. The molecule has 3 nitrogen and oxygen atoms in total. The van der Waals surface area contributed by atoms with Crippen LogP contribution in [0.15, 0.2) is 18.2 Å². The van der Waals surface area contributed by atoms with Gasteiger partial charge >= 0.3 is 0 Å². The maximum atomic E-state index is 13.6. The van der Waals surface area contributed by atoms with E-state index in [2.05, 4.69) is 12.2 Å². The van der Waals surface area contributed by atoms with Crippen molar-refractivity contribution in [1.82, 2.24) is 10.2 Å². The van der Waals surface area contributed by atoms with Crippen LogP contribution in [0.25, 0.3) is 0 Å². The highest BCUT2D eigenvalue weighted by molar-refractivity contribution is 5.94. The number of halogens is 2. The van der Waals surface area contributed by atoms with E-state index in [0.717, 1.165) is 37.9 Å². The SMILES string of the molecule is CCCNC1CCN(C(=O)c2c(F)cccc2F)CC1. The minimum atomic E-state index is -0.791. The molecule has 0 bridgehead atoms. The molecule has 0 aromatic heterocycles. The summed E-state index contributed by atoms with van der Waals surface area (Å²) in [6, 6.07) is 3.89. The lowest BCUT2D eigenvalue weighted by Gasteiger charge is -2.32. The number of carbonyl (C=O) groups is 1. The Kier molecular flexibility index (Phi) is 5.06. The van der Waals surface area contributed by atoms with Crippen LogP contribution < -0.4 is 5.32 Å². The van der Waals surface area contributed by atoms with Gasteiger partial charge in [0, 0.05) is 19.1 Å². The van der Waals surface area contributed by atoms with E-state index in [0.29, 0.717) is 19.1 Å². The summed E-state index contributed by atoms with van der Waals surface area (Å²) in [7, 11) is 0. The van der Waals surface area contributed by atoms with Gasteiger partial charge in [-0.15, -0.1) is 0 Å². The van der Waals surface area contributed by atoms with E-state index < -0.39 is 23.1 Å². The Hall–Kier alpha value is -1.49. The van der Waals surface area contributed by atoms with Crippen molar-refractivity contribution in [3.63, 3.8) is 0 Å². The fourth-order valence-electron chi connectivity index (χ4n) is 2.50. The first kappa shape index (κ1) is 14.9. The third-order valence-corrected chi connectivity index (χ3v) is 3.64. The summed E-state index contributed by atoms with van der Waals surface area (Å²) in [6.45, 7) is 4.13. The standard InChI is InChI=1S/C15H20F2N2O/c1-2-8-18-11-6-9-19(10-7-11)15(20)14-12(16)4-3-5-13(14)17/h3-5,11,18H,2,6-10H2,1H3. The maximum Gasteiger partial charge on any atom is 0.259 e. The molecule has 0 unspecified atom stereocenters. The Morgan fingerprint density at radius 2 is 1.90 bits per heavy atom. The zero-order valence-electron chi connectivity index (χ0n) is 11.7. The molecule has 1 aromatic rings. The van der Waals surface area contributed by atoms with Crippen LogP contribution in [0.1, 0.15) is 36.5 Å². The second-order valence-electron chi connectivity index (χ2n) is 5.12. The first-order valence-electron chi connectivity index (χ1n) is 7.10. The number of rotatable bonds is 4. The number of nitrogens with zero attached hydrogens (tertiary/aromatic N) is 1. The number of benzene rings is 1. The molecule has 110 valence electrons. The van der Waals surface area contributed by atoms with Crippen LogP contribution in [0, 0.1) is 11.6 Å². The van der Waals surface area contributed by atoms with Gasteiger partial charge in [-0.3, -0.25) is 4.79 Å². The zero-order chi connectivity index (χ0) is 14.5. The lowest BCUT2D eigenvalue weighted by molar-refractivity contribution is 0.0695. The second kappa shape index (κ2) is 6.79. The molecule has 1 aliphatic heterocycles. The van der Waals surface area contributed by atoms with E-state index in [1.807, 2.05) is 0 Å². The lowest BCUT2D eigenvalue weighted by Crippen LogP contribution is -2.45. The number of amides is 1. The Bertz CT molecular complexity index is 451. The summed E-state index contributed by atoms with van der Waals surface area (Å²) in [5.74, 6) is -2.13. The summed E-state index contributed by atoms with van der Waals surface area (Å²) in [4.78, 5) is 13.7. The Labute approximate surface area is 118 Å². The quantitative estimate of drug-likeness (QED) is 0.920. The minimum Gasteiger partial charge on any atom is -0.338 e. The van der Waals surface area contributed by atoms with Gasteiger partial charge in [-0.1, -0.05) is 13.0 Å². The molecule has 0 spiro atoms. The molecule has 1 aromatic carbocycles. The maximum absolute atomic E-state index is 13.6. The van der Waals surface area contributed by atoms with Gasteiger partial charge in [0.05, 0.1) is 0 Å². The van der Waals surface area contributed by atoms with Crippen LogP contribution in [0.2, 0.25) is 0 Å². The van der Waals surface area contributed by atoms with Crippen LogP contribution in [0.3, 0.4) is 0 Å². The fraction of sp³-hybridized carbons (Fsp3) is 0.533. The number of hydrogen-bond acceptors (Lipinski definition) is 2. The highest BCUT2D eigenvalue weighted by Gasteiger charge is 2.26. The van der Waals surface area contributed by atoms with Crippen LogP contribution in [0.4, 0.5) is 8.78 Å². The Balaban J connectivity index is 1.98. The van der Waals surface area contributed by atoms with E-state index >= 15 is 0 Å². The van der Waals surface area contributed by atoms with E-state index in [1.54, 1.807) is 0 Å². The Morgan fingerprint density at radius 1 is 1.30 bits per heavy atom. The van der Waals surface area contributed by atoms with E-state index in [-0.39, 0.29) is 0 Å². The summed E-state index contributed by atoms with van der Waals surface area (Å²) < 4.78 is 27.2. The Morgan fingerprint density at radius 3 is 2.45 bits per heavy atom. The first-order chi connectivity index (χ1) is 9.63. The average molecular weight is 282 g/mol. The fourth-order valence-corrected chi connectivity index (χ4v) is 2.50. The average Bonchev–Trinajstić information content (AvgIpc) is 2.45. The largest absolute Gasteiger partial charge is 0.338 e. The van der Waals surface area contributed by atoms with Gasteiger partial charge in [-0.2, -0.15) is 0 Å². The topological polar surface area (TPSA) is 32.3 Å². The molecule has 1 N–H and O–H groups in total. The van der Waals surface area contributed by atoms with Gasteiger partial charge in [-0.05, 0) is 37.9 Å².